The van der Waals surface area contributed by atoms with Crippen LogP contribution in [0.15, 0.2) is 35.3 Å². The van der Waals surface area contributed by atoms with Crippen molar-refractivity contribution >= 4 is 35.8 Å². The van der Waals surface area contributed by atoms with Crippen molar-refractivity contribution in [1.29, 1.82) is 0 Å². The van der Waals surface area contributed by atoms with Crippen molar-refractivity contribution in [1.82, 2.24) is 15.5 Å². The Hall–Kier alpha value is -1.35. The van der Waals surface area contributed by atoms with Gasteiger partial charge in [0.15, 0.2) is 5.96 Å². The van der Waals surface area contributed by atoms with Crippen molar-refractivity contribution in [2.24, 2.45) is 4.99 Å². The van der Waals surface area contributed by atoms with Crippen molar-refractivity contribution in [3.63, 3.8) is 0 Å². The molecular formula is C23H37IN4O2. The van der Waals surface area contributed by atoms with Gasteiger partial charge in [-0.05, 0) is 37.7 Å². The van der Waals surface area contributed by atoms with E-state index in [1.165, 1.54) is 37.7 Å². The standard InChI is InChI=1S/C23H36N4O2.HI/c1-27(2)21(28)17-25-22(24-16-20-12-6-9-15-29-20)26-18-23(13-7-8-14-23)19-10-4-3-5-11-19;/h3-5,10-11,20H,6-9,12-18H2,1-2H3,(H2,24,25,26);1H. The van der Waals surface area contributed by atoms with Gasteiger partial charge in [-0.1, -0.05) is 43.2 Å². The molecule has 1 aliphatic heterocycles. The second kappa shape index (κ2) is 12.5. The highest BCUT2D eigenvalue weighted by atomic mass is 127. The van der Waals surface area contributed by atoms with Crippen LogP contribution in [0.5, 0.6) is 0 Å². The summed E-state index contributed by atoms with van der Waals surface area (Å²) in [5, 5.41) is 6.97. The van der Waals surface area contributed by atoms with Gasteiger partial charge in [-0.25, -0.2) is 4.99 Å². The molecule has 2 aliphatic rings. The van der Waals surface area contributed by atoms with Crippen LogP contribution < -0.4 is 10.6 Å². The average molecular weight is 528 g/mol. The van der Waals surface area contributed by atoms with E-state index in [1.807, 2.05) is 0 Å². The third-order valence-corrected chi connectivity index (χ3v) is 6.18. The van der Waals surface area contributed by atoms with Crippen LogP contribution >= 0.6 is 24.0 Å². The van der Waals surface area contributed by atoms with Gasteiger partial charge in [-0.2, -0.15) is 0 Å². The van der Waals surface area contributed by atoms with E-state index in [-0.39, 0.29) is 47.9 Å². The molecule has 7 heteroatoms. The number of guanidine groups is 1. The zero-order valence-corrected chi connectivity index (χ0v) is 20.7. The van der Waals surface area contributed by atoms with E-state index in [2.05, 4.69) is 46.0 Å². The number of halogens is 1. The Kier molecular flexibility index (Phi) is 10.4. The Bertz CT molecular complexity index is 669. The van der Waals surface area contributed by atoms with Crippen molar-refractivity contribution in [2.75, 3.05) is 40.3 Å². The molecule has 1 unspecified atom stereocenters. The Morgan fingerprint density at radius 1 is 1.13 bits per heavy atom. The van der Waals surface area contributed by atoms with Crippen LogP contribution in [-0.4, -0.2) is 63.2 Å². The number of aliphatic imine (C=N–C) groups is 1. The van der Waals surface area contributed by atoms with E-state index >= 15 is 0 Å². The normalized spacial score (nSPS) is 20.9. The lowest BCUT2D eigenvalue weighted by atomic mass is 9.79. The number of hydrogen-bond donors (Lipinski definition) is 2. The number of nitrogens with one attached hydrogen (secondary N) is 2. The highest BCUT2D eigenvalue weighted by Crippen LogP contribution is 2.40. The molecule has 0 spiro atoms. The van der Waals surface area contributed by atoms with Crippen molar-refractivity contribution in [3.05, 3.63) is 35.9 Å². The number of ether oxygens (including phenoxy) is 1. The van der Waals surface area contributed by atoms with Gasteiger partial charge in [0.2, 0.25) is 5.91 Å². The summed E-state index contributed by atoms with van der Waals surface area (Å²) in [5.74, 6) is 0.704. The van der Waals surface area contributed by atoms with Gasteiger partial charge in [0, 0.05) is 39.2 Å². The quantitative estimate of drug-likeness (QED) is 0.324. The highest BCUT2D eigenvalue weighted by molar-refractivity contribution is 14.0. The Labute approximate surface area is 198 Å². The average Bonchev–Trinajstić information content (AvgIpc) is 3.24. The minimum absolute atomic E-state index is 0. The zero-order valence-electron chi connectivity index (χ0n) is 18.4. The molecule has 1 saturated carbocycles. The lowest BCUT2D eigenvalue weighted by Crippen LogP contribution is -2.47. The van der Waals surface area contributed by atoms with Crippen molar-refractivity contribution in [2.45, 2.75) is 56.5 Å². The Balaban J connectivity index is 0.00000320. The Morgan fingerprint density at radius 2 is 1.87 bits per heavy atom. The van der Waals surface area contributed by atoms with Crippen molar-refractivity contribution in [3.8, 4) is 0 Å². The molecule has 3 rings (SSSR count). The van der Waals surface area contributed by atoms with E-state index in [0.717, 1.165) is 32.5 Å². The molecule has 2 fully saturated rings. The van der Waals surface area contributed by atoms with Gasteiger partial charge in [0.25, 0.3) is 0 Å². The molecule has 1 atom stereocenters. The molecule has 2 N–H and O–H groups in total. The summed E-state index contributed by atoms with van der Waals surface area (Å²) in [6.07, 6.45) is 8.52. The third kappa shape index (κ3) is 7.11. The van der Waals surface area contributed by atoms with Gasteiger partial charge in [-0.3, -0.25) is 4.79 Å². The topological polar surface area (TPSA) is 66.0 Å². The highest BCUT2D eigenvalue weighted by Gasteiger charge is 2.35. The van der Waals surface area contributed by atoms with Gasteiger partial charge >= 0.3 is 0 Å². The minimum atomic E-state index is -0.00124. The lowest BCUT2D eigenvalue weighted by molar-refractivity contribution is -0.127. The first-order valence-electron chi connectivity index (χ1n) is 11.0. The number of carbonyl (C=O) groups is 1. The molecule has 1 saturated heterocycles. The molecular weight excluding hydrogens is 491 g/mol. The SMILES string of the molecule is CN(C)C(=O)CN=C(NCC1CCCCO1)NCC1(c2ccccc2)CCCC1.I. The molecule has 0 bridgehead atoms. The fourth-order valence-corrected chi connectivity index (χ4v) is 4.31. The van der Waals surface area contributed by atoms with Gasteiger partial charge in [0.05, 0.1) is 6.10 Å². The van der Waals surface area contributed by atoms with Gasteiger partial charge in [-0.15, -0.1) is 24.0 Å². The minimum Gasteiger partial charge on any atom is -0.376 e. The molecule has 0 aromatic heterocycles. The van der Waals surface area contributed by atoms with Crippen LogP contribution in [0.3, 0.4) is 0 Å². The molecule has 1 amide bonds. The first kappa shape index (κ1) is 24.9. The van der Waals surface area contributed by atoms with Crippen LogP contribution in [0.25, 0.3) is 0 Å². The monoisotopic (exact) mass is 528 g/mol. The van der Waals surface area contributed by atoms with E-state index in [1.54, 1.807) is 19.0 Å². The van der Waals surface area contributed by atoms with Crippen LogP contribution in [0.1, 0.15) is 50.5 Å². The zero-order chi connectivity index (χ0) is 20.5. The molecule has 0 radical (unpaired) electrons. The summed E-state index contributed by atoms with van der Waals surface area (Å²) in [6, 6.07) is 10.8. The number of rotatable bonds is 7. The summed E-state index contributed by atoms with van der Waals surface area (Å²) in [4.78, 5) is 18.2. The summed E-state index contributed by atoms with van der Waals surface area (Å²) >= 11 is 0. The predicted molar refractivity (Wildman–Crippen MR) is 133 cm³/mol. The van der Waals surface area contributed by atoms with E-state index in [4.69, 9.17) is 4.74 Å². The molecule has 6 nitrogen and oxygen atoms in total. The number of benzene rings is 1. The van der Waals surface area contributed by atoms with E-state index in [9.17, 15) is 4.79 Å². The third-order valence-electron chi connectivity index (χ3n) is 6.18. The summed E-state index contributed by atoms with van der Waals surface area (Å²) in [6.45, 7) is 2.53. The number of carbonyl (C=O) groups excluding carboxylic acids is 1. The number of amides is 1. The maximum atomic E-state index is 12.0. The maximum Gasteiger partial charge on any atom is 0.243 e. The summed E-state index contributed by atoms with van der Waals surface area (Å²) < 4.78 is 5.84. The fourth-order valence-electron chi connectivity index (χ4n) is 4.31. The predicted octanol–water partition coefficient (Wildman–Crippen LogP) is 3.31. The molecule has 1 aromatic carbocycles. The molecule has 168 valence electrons. The fraction of sp³-hybridized carbons (Fsp3) is 0.652. The molecule has 1 aliphatic carbocycles. The molecule has 1 aromatic rings. The number of likely N-dealkylation sites (N-methyl/N-ethyl adjacent to an activating group) is 1. The van der Waals surface area contributed by atoms with Gasteiger partial charge < -0.3 is 20.3 Å². The van der Waals surface area contributed by atoms with Crippen LogP contribution in [0.4, 0.5) is 0 Å². The van der Waals surface area contributed by atoms with Crippen LogP contribution in [-0.2, 0) is 14.9 Å². The second-order valence-corrected chi connectivity index (χ2v) is 8.53. The first-order chi connectivity index (χ1) is 14.1. The van der Waals surface area contributed by atoms with E-state index in [0.29, 0.717) is 5.96 Å². The van der Waals surface area contributed by atoms with Crippen LogP contribution in [0.2, 0.25) is 0 Å². The molecule has 30 heavy (non-hydrogen) atoms. The lowest BCUT2D eigenvalue weighted by Gasteiger charge is -2.31. The largest absolute Gasteiger partial charge is 0.376 e. The number of hydrogen-bond acceptors (Lipinski definition) is 3. The summed E-state index contributed by atoms with van der Waals surface area (Å²) in [7, 11) is 3.52. The smallest absolute Gasteiger partial charge is 0.243 e. The first-order valence-corrected chi connectivity index (χ1v) is 11.0. The molecule has 1 heterocycles. The number of nitrogens with zero attached hydrogens (tertiary/aromatic N) is 2. The van der Waals surface area contributed by atoms with E-state index < -0.39 is 0 Å². The maximum absolute atomic E-state index is 12.0. The van der Waals surface area contributed by atoms with Crippen LogP contribution in [0, 0.1) is 0 Å². The second-order valence-electron chi connectivity index (χ2n) is 8.53. The van der Waals surface area contributed by atoms with Crippen molar-refractivity contribution < 1.29 is 9.53 Å². The summed E-state index contributed by atoms with van der Waals surface area (Å²) in [5.41, 5.74) is 1.53. The Morgan fingerprint density at radius 3 is 2.50 bits per heavy atom. The van der Waals surface area contributed by atoms with Gasteiger partial charge in [0.1, 0.15) is 6.54 Å².